The van der Waals surface area contributed by atoms with Crippen LogP contribution in [0.1, 0.15) is 5.56 Å². The number of nitrogens with one attached hydrogen (secondary N) is 2. The van der Waals surface area contributed by atoms with Crippen LogP contribution in [0.2, 0.25) is 5.02 Å². The van der Waals surface area contributed by atoms with Crippen molar-refractivity contribution in [1.82, 2.24) is 9.55 Å². The van der Waals surface area contributed by atoms with E-state index in [2.05, 4.69) is 15.6 Å². The summed E-state index contributed by atoms with van der Waals surface area (Å²) in [6, 6.07) is 24.3. The molecule has 0 saturated heterocycles. The van der Waals surface area contributed by atoms with Crippen molar-refractivity contribution in [1.29, 1.82) is 0 Å². The Morgan fingerprint density at radius 3 is 2.35 bits per heavy atom. The molecule has 0 bridgehead atoms. The molecule has 0 aliphatic rings. The van der Waals surface area contributed by atoms with Crippen molar-refractivity contribution in [3.8, 4) is 11.3 Å². The molecular formula is C26H23ClN4O2S. The summed E-state index contributed by atoms with van der Waals surface area (Å²) in [7, 11) is 0. The number of benzene rings is 3. The Morgan fingerprint density at radius 2 is 1.62 bits per heavy atom. The first-order chi connectivity index (χ1) is 16.5. The number of carbonyl (C=O) groups excluding carboxylic acids is 2. The lowest BCUT2D eigenvalue weighted by Crippen LogP contribution is -2.21. The summed E-state index contributed by atoms with van der Waals surface area (Å²) < 4.78 is 1.84. The van der Waals surface area contributed by atoms with Gasteiger partial charge in [-0.05, 0) is 48.4 Å². The summed E-state index contributed by atoms with van der Waals surface area (Å²) >= 11 is 7.18. The van der Waals surface area contributed by atoms with Gasteiger partial charge in [0.05, 0.1) is 17.6 Å². The molecular weight excluding hydrogens is 468 g/mol. The van der Waals surface area contributed by atoms with Gasteiger partial charge in [-0.1, -0.05) is 71.9 Å². The van der Waals surface area contributed by atoms with E-state index in [9.17, 15) is 9.59 Å². The number of amides is 2. The highest BCUT2D eigenvalue weighted by Crippen LogP contribution is 2.27. The minimum absolute atomic E-state index is 0.0691. The van der Waals surface area contributed by atoms with E-state index in [1.165, 1.54) is 11.8 Å². The molecule has 0 spiro atoms. The molecule has 1 aromatic heterocycles. The Morgan fingerprint density at radius 1 is 0.912 bits per heavy atom. The van der Waals surface area contributed by atoms with Gasteiger partial charge in [0, 0.05) is 16.4 Å². The maximum absolute atomic E-state index is 12.9. The fraction of sp³-hybridized carbons (Fsp3) is 0.115. The molecule has 2 N–H and O–H groups in total. The first-order valence-corrected chi connectivity index (χ1v) is 12.0. The molecule has 0 unspecified atom stereocenters. The quantitative estimate of drug-likeness (QED) is 0.302. The van der Waals surface area contributed by atoms with E-state index >= 15 is 0 Å². The number of rotatable bonds is 8. The number of halogens is 1. The third-order valence-electron chi connectivity index (χ3n) is 5.07. The fourth-order valence-electron chi connectivity index (χ4n) is 3.37. The number of hydrogen-bond acceptors (Lipinski definition) is 4. The second-order valence-electron chi connectivity index (χ2n) is 7.59. The van der Waals surface area contributed by atoms with E-state index in [4.69, 9.17) is 11.6 Å². The number of aromatic nitrogens is 2. The van der Waals surface area contributed by atoms with Gasteiger partial charge in [-0.25, -0.2) is 4.98 Å². The van der Waals surface area contributed by atoms with Crippen LogP contribution < -0.4 is 10.6 Å². The van der Waals surface area contributed by atoms with E-state index in [0.717, 1.165) is 22.5 Å². The van der Waals surface area contributed by atoms with Crippen LogP contribution in [0.4, 0.5) is 11.4 Å². The van der Waals surface area contributed by atoms with Gasteiger partial charge in [0.1, 0.15) is 6.54 Å². The van der Waals surface area contributed by atoms with Gasteiger partial charge in [0.15, 0.2) is 5.16 Å². The molecule has 3 aromatic carbocycles. The molecule has 0 aliphatic heterocycles. The summed E-state index contributed by atoms with van der Waals surface area (Å²) in [6.45, 7) is 2.02. The number of nitrogens with zero attached hydrogens (tertiary/aromatic N) is 2. The first-order valence-electron chi connectivity index (χ1n) is 10.6. The van der Waals surface area contributed by atoms with Crippen LogP contribution in [0.15, 0.2) is 90.2 Å². The SMILES string of the molecule is Cc1ccccc1NC(=O)Cn1c(-c2ccccc2)cnc1SCC(=O)Nc1ccc(Cl)cc1. The van der Waals surface area contributed by atoms with Gasteiger partial charge < -0.3 is 15.2 Å². The van der Waals surface area contributed by atoms with E-state index in [0.29, 0.717) is 15.9 Å². The maximum atomic E-state index is 12.9. The fourth-order valence-corrected chi connectivity index (χ4v) is 4.28. The predicted octanol–water partition coefficient (Wildman–Crippen LogP) is 5.88. The van der Waals surface area contributed by atoms with Crippen molar-refractivity contribution in [2.45, 2.75) is 18.6 Å². The van der Waals surface area contributed by atoms with E-state index in [1.807, 2.05) is 66.1 Å². The van der Waals surface area contributed by atoms with Crippen LogP contribution in [-0.2, 0) is 16.1 Å². The third-order valence-corrected chi connectivity index (χ3v) is 6.31. The van der Waals surface area contributed by atoms with Crippen molar-refractivity contribution >= 4 is 46.6 Å². The van der Waals surface area contributed by atoms with Gasteiger partial charge in [-0.15, -0.1) is 0 Å². The highest BCUT2D eigenvalue weighted by molar-refractivity contribution is 7.99. The zero-order valence-corrected chi connectivity index (χ0v) is 20.1. The van der Waals surface area contributed by atoms with Crippen molar-refractivity contribution < 1.29 is 9.59 Å². The molecule has 1 heterocycles. The molecule has 34 heavy (non-hydrogen) atoms. The lowest BCUT2D eigenvalue weighted by atomic mass is 10.2. The standard InChI is InChI=1S/C26H23ClN4O2S/c1-18-7-5-6-10-22(18)30-24(32)16-31-23(19-8-3-2-4-9-19)15-28-26(31)34-17-25(33)29-21-13-11-20(27)12-14-21/h2-15H,16-17H2,1H3,(H,29,33)(H,30,32). The molecule has 0 radical (unpaired) electrons. The number of anilines is 2. The van der Waals surface area contributed by atoms with Crippen molar-refractivity contribution in [2.75, 3.05) is 16.4 Å². The molecule has 0 atom stereocenters. The Balaban J connectivity index is 1.50. The average Bonchev–Trinajstić information content (AvgIpc) is 3.23. The number of thioether (sulfide) groups is 1. The number of carbonyl (C=O) groups is 2. The van der Waals surface area contributed by atoms with Crippen LogP contribution in [0.3, 0.4) is 0 Å². The van der Waals surface area contributed by atoms with E-state index < -0.39 is 0 Å². The molecule has 4 rings (SSSR count). The highest BCUT2D eigenvalue weighted by atomic mass is 35.5. The Hall–Kier alpha value is -3.55. The summed E-state index contributed by atoms with van der Waals surface area (Å²) in [5.74, 6) is -0.197. The first kappa shape index (κ1) is 23.6. The maximum Gasteiger partial charge on any atom is 0.244 e. The van der Waals surface area contributed by atoms with Crippen molar-refractivity contribution in [2.24, 2.45) is 0 Å². The minimum atomic E-state index is -0.174. The molecule has 0 saturated carbocycles. The minimum Gasteiger partial charge on any atom is -0.325 e. The number of hydrogen-bond donors (Lipinski definition) is 2. The van der Waals surface area contributed by atoms with Crippen molar-refractivity contribution in [3.05, 3.63) is 95.6 Å². The zero-order valence-electron chi connectivity index (χ0n) is 18.5. The zero-order chi connectivity index (χ0) is 23.9. The second kappa shape index (κ2) is 11.0. The lowest BCUT2D eigenvalue weighted by molar-refractivity contribution is -0.117. The van der Waals surface area contributed by atoms with Crippen LogP contribution in [0.5, 0.6) is 0 Å². The van der Waals surface area contributed by atoms with Crippen LogP contribution >= 0.6 is 23.4 Å². The van der Waals surface area contributed by atoms with E-state index in [1.54, 1.807) is 30.5 Å². The summed E-state index contributed by atoms with van der Waals surface area (Å²) in [4.78, 5) is 29.9. The van der Waals surface area contributed by atoms with Gasteiger partial charge in [-0.3, -0.25) is 9.59 Å². The summed E-state index contributed by atoms with van der Waals surface area (Å²) in [6.07, 6.45) is 1.73. The molecule has 6 nitrogen and oxygen atoms in total. The molecule has 4 aromatic rings. The smallest absolute Gasteiger partial charge is 0.244 e. The van der Waals surface area contributed by atoms with Crippen LogP contribution in [0.25, 0.3) is 11.3 Å². The lowest BCUT2D eigenvalue weighted by Gasteiger charge is -2.13. The van der Waals surface area contributed by atoms with Crippen molar-refractivity contribution in [3.63, 3.8) is 0 Å². The average molecular weight is 491 g/mol. The molecule has 172 valence electrons. The summed E-state index contributed by atoms with van der Waals surface area (Å²) in [5.41, 5.74) is 4.17. The number of aryl methyl sites for hydroxylation is 1. The normalized spacial score (nSPS) is 10.6. The Bertz CT molecular complexity index is 1290. The van der Waals surface area contributed by atoms with E-state index in [-0.39, 0.29) is 24.1 Å². The monoisotopic (exact) mass is 490 g/mol. The van der Waals surface area contributed by atoms with Crippen LogP contribution in [0, 0.1) is 6.92 Å². The molecule has 0 aliphatic carbocycles. The topological polar surface area (TPSA) is 76.0 Å². The van der Waals surface area contributed by atoms with Gasteiger partial charge >= 0.3 is 0 Å². The largest absolute Gasteiger partial charge is 0.325 e. The molecule has 0 fully saturated rings. The number of para-hydroxylation sites is 1. The molecule has 2 amide bonds. The van der Waals surface area contributed by atoms with Crippen LogP contribution in [-0.4, -0.2) is 27.1 Å². The predicted molar refractivity (Wildman–Crippen MR) is 138 cm³/mol. The van der Waals surface area contributed by atoms with Gasteiger partial charge in [0.2, 0.25) is 11.8 Å². The Kier molecular flexibility index (Phi) is 7.67. The second-order valence-corrected chi connectivity index (χ2v) is 8.96. The summed E-state index contributed by atoms with van der Waals surface area (Å²) in [5, 5.41) is 7.00. The highest BCUT2D eigenvalue weighted by Gasteiger charge is 2.17. The third kappa shape index (κ3) is 6.07. The van der Waals surface area contributed by atoms with Gasteiger partial charge in [0.25, 0.3) is 0 Å². The molecule has 8 heteroatoms. The number of imidazole rings is 1. The Labute approximate surface area is 207 Å². The van der Waals surface area contributed by atoms with Gasteiger partial charge in [-0.2, -0.15) is 0 Å².